The van der Waals surface area contributed by atoms with Gasteiger partial charge in [-0.25, -0.2) is 4.98 Å². The number of carbonyl (C=O) groups is 1. The summed E-state index contributed by atoms with van der Waals surface area (Å²) in [7, 11) is 0. The van der Waals surface area contributed by atoms with E-state index < -0.39 is 6.36 Å². The van der Waals surface area contributed by atoms with E-state index in [1.54, 1.807) is 11.4 Å². The predicted octanol–water partition coefficient (Wildman–Crippen LogP) is 3.52. The van der Waals surface area contributed by atoms with Crippen molar-refractivity contribution in [1.29, 1.82) is 0 Å². The first-order valence-corrected chi connectivity index (χ1v) is 5.63. The van der Waals surface area contributed by atoms with Gasteiger partial charge in [0.15, 0.2) is 11.3 Å². The van der Waals surface area contributed by atoms with Gasteiger partial charge in [0.05, 0.1) is 5.69 Å². The van der Waals surface area contributed by atoms with Crippen LogP contribution in [0.3, 0.4) is 0 Å². The third-order valence-electron chi connectivity index (χ3n) is 1.99. The molecule has 2 aromatic rings. The third-order valence-corrected chi connectivity index (χ3v) is 2.76. The zero-order valence-corrected chi connectivity index (χ0v) is 9.59. The van der Waals surface area contributed by atoms with Crippen molar-refractivity contribution in [3.05, 3.63) is 34.7 Å². The molecule has 0 unspecified atom stereocenters. The van der Waals surface area contributed by atoms with E-state index in [1.165, 1.54) is 18.2 Å². The van der Waals surface area contributed by atoms with Crippen LogP contribution in [-0.4, -0.2) is 17.6 Å². The standard InChI is InChI=1S/C11H6F3NO2S/c12-11(13,14)17-8-3-1-2-7(4-8)9-6-18-10(5-16)15-9/h1-6H. The highest BCUT2D eigenvalue weighted by molar-refractivity contribution is 7.11. The Labute approximate surface area is 104 Å². The van der Waals surface area contributed by atoms with Crippen LogP contribution in [0.5, 0.6) is 5.75 Å². The minimum absolute atomic E-state index is 0.271. The van der Waals surface area contributed by atoms with Gasteiger partial charge >= 0.3 is 6.36 Å². The molecule has 0 aliphatic carbocycles. The molecule has 0 spiro atoms. The van der Waals surface area contributed by atoms with Gasteiger partial charge in [0.1, 0.15) is 5.75 Å². The van der Waals surface area contributed by atoms with E-state index >= 15 is 0 Å². The maximum Gasteiger partial charge on any atom is 0.573 e. The number of nitrogens with zero attached hydrogens (tertiary/aromatic N) is 1. The lowest BCUT2D eigenvalue weighted by molar-refractivity contribution is -0.274. The van der Waals surface area contributed by atoms with Crippen molar-refractivity contribution in [1.82, 2.24) is 4.98 Å². The van der Waals surface area contributed by atoms with Crippen molar-refractivity contribution in [2.75, 3.05) is 0 Å². The number of carbonyl (C=O) groups excluding carboxylic acids is 1. The fourth-order valence-electron chi connectivity index (χ4n) is 1.33. The Morgan fingerprint density at radius 3 is 2.72 bits per heavy atom. The summed E-state index contributed by atoms with van der Waals surface area (Å²) >= 11 is 1.12. The van der Waals surface area contributed by atoms with E-state index in [4.69, 9.17) is 0 Å². The van der Waals surface area contributed by atoms with Crippen molar-refractivity contribution < 1.29 is 22.7 Å². The molecule has 0 radical (unpaired) electrons. The number of aromatic nitrogens is 1. The fourth-order valence-corrected chi connectivity index (χ4v) is 1.95. The second-order valence-electron chi connectivity index (χ2n) is 3.26. The lowest BCUT2D eigenvalue weighted by atomic mass is 10.2. The average molecular weight is 273 g/mol. The minimum atomic E-state index is -4.73. The number of rotatable bonds is 3. The Balaban J connectivity index is 2.29. The molecule has 0 N–H and O–H groups in total. The Kier molecular flexibility index (Phi) is 3.33. The lowest BCUT2D eigenvalue weighted by Gasteiger charge is -2.09. The molecular formula is C11H6F3NO2S. The smallest absolute Gasteiger partial charge is 0.406 e. The van der Waals surface area contributed by atoms with Gasteiger partial charge < -0.3 is 4.74 Å². The Hall–Kier alpha value is -1.89. The maximum atomic E-state index is 12.1. The molecule has 0 aliphatic rings. The van der Waals surface area contributed by atoms with Crippen LogP contribution in [-0.2, 0) is 0 Å². The Morgan fingerprint density at radius 2 is 2.11 bits per heavy atom. The molecule has 1 heterocycles. The van der Waals surface area contributed by atoms with Crippen molar-refractivity contribution in [2.24, 2.45) is 0 Å². The molecule has 0 fully saturated rings. The van der Waals surface area contributed by atoms with E-state index in [0.29, 0.717) is 17.5 Å². The van der Waals surface area contributed by atoms with Gasteiger partial charge in [0.2, 0.25) is 0 Å². The van der Waals surface area contributed by atoms with Crippen LogP contribution in [0, 0.1) is 0 Å². The van der Waals surface area contributed by atoms with Crippen molar-refractivity contribution >= 4 is 17.6 Å². The van der Waals surface area contributed by atoms with Gasteiger partial charge in [-0.2, -0.15) is 0 Å². The molecule has 0 saturated carbocycles. The van der Waals surface area contributed by atoms with Crippen molar-refractivity contribution in [3.8, 4) is 17.0 Å². The molecule has 1 aromatic heterocycles. The van der Waals surface area contributed by atoms with Crippen LogP contribution in [0.1, 0.15) is 9.80 Å². The summed E-state index contributed by atoms with van der Waals surface area (Å²) in [6.45, 7) is 0. The van der Waals surface area contributed by atoms with E-state index in [2.05, 4.69) is 9.72 Å². The molecule has 0 atom stereocenters. The molecule has 18 heavy (non-hydrogen) atoms. The number of hydrogen-bond acceptors (Lipinski definition) is 4. The SMILES string of the molecule is O=Cc1nc(-c2cccc(OC(F)(F)F)c2)cs1. The van der Waals surface area contributed by atoms with Gasteiger partial charge in [-0.05, 0) is 12.1 Å². The van der Waals surface area contributed by atoms with Crippen molar-refractivity contribution in [3.63, 3.8) is 0 Å². The normalized spacial score (nSPS) is 11.3. The van der Waals surface area contributed by atoms with E-state index in [0.717, 1.165) is 11.3 Å². The van der Waals surface area contributed by atoms with Crippen LogP contribution in [0.15, 0.2) is 29.6 Å². The van der Waals surface area contributed by atoms with Crippen LogP contribution < -0.4 is 4.74 Å². The highest BCUT2D eigenvalue weighted by Crippen LogP contribution is 2.28. The molecule has 0 bridgehead atoms. The van der Waals surface area contributed by atoms with Crippen LogP contribution in [0.4, 0.5) is 13.2 Å². The van der Waals surface area contributed by atoms with E-state index in [9.17, 15) is 18.0 Å². The molecule has 0 saturated heterocycles. The molecule has 2 rings (SSSR count). The molecule has 0 aliphatic heterocycles. The van der Waals surface area contributed by atoms with Crippen molar-refractivity contribution in [2.45, 2.75) is 6.36 Å². The van der Waals surface area contributed by atoms with Gasteiger partial charge in [-0.15, -0.1) is 24.5 Å². The molecule has 1 aromatic carbocycles. The van der Waals surface area contributed by atoms with Gasteiger partial charge in [0.25, 0.3) is 0 Å². The molecule has 0 amide bonds. The second-order valence-corrected chi connectivity index (χ2v) is 4.15. The number of hydrogen-bond donors (Lipinski definition) is 0. The summed E-state index contributed by atoms with van der Waals surface area (Å²) < 4.78 is 40.0. The average Bonchev–Trinajstić information content (AvgIpc) is 2.75. The lowest BCUT2D eigenvalue weighted by Crippen LogP contribution is -2.17. The monoisotopic (exact) mass is 273 g/mol. The number of alkyl halides is 3. The van der Waals surface area contributed by atoms with Crippen LogP contribution in [0.25, 0.3) is 11.3 Å². The molecular weight excluding hydrogens is 267 g/mol. The number of aldehydes is 1. The Morgan fingerprint density at radius 1 is 1.33 bits per heavy atom. The summed E-state index contributed by atoms with van der Waals surface area (Å²) in [6.07, 6.45) is -4.14. The molecule has 94 valence electrons. The molecule has 3 nitrogen and oxygen atoms in total. The van der Waals surface area contributed by atoms with Gasteiger partial charge in [-0.1, -0.05) is 12.1 Å². The minimum Gasteiger partial charge on any atom is -0.406 e. The first-order chi connectivity index (χ1) is 8.48. The first-order valence-electron chi connectivity index (χ1n) is 4.75. The largest absolute Gasteiger partial charge is 0.573 e. The van der Waals surface area contributed by atoms with E-state index in [1.807, 2.05) is 0 Å². The highest BCUT2D eigenvalue weighted by Gasteiger charge is 2.31. The zero-order chi connectivity index (χ0) is 13.2. The van der Waals surface area contributed by atoms with Crippen LogP contribution >= 0.6 is 11.3 Å². The third kappa shape index (κ3) is 3.07. The number of benzene rings is 1. The quantitative estimate of drug-likeness (QED) is 0.803. The second kappa shape index (κ2) is 4.77. The van der Waals surface area contributed by atoms with E-state index in [-0.39, 0.29) is 10.8 Å². The predicted molar refractivity (Wildman–Crippen MR) is 59.6 cm³/mol. The number of halogens is 3. The van der Waals surface area contributed by atoms with Gasteiger partial charge in [0, 0.05) is 10.9 Å². The van der Waals surface area contributed by atoms with Crippen LogP contribution in [0.2, 0.25) is 0 Å². The number of ether oxygens (including phenoxy) is 1. The Bertz CT molecular complexity index is 565. The maximum absolute atomic E-state index is 12.1. The summed E-state index contributed by atoms with van der Waals surface area (Å²) in [5, 5.41) is 1.86. The summed E-state index contributed by atoms with van der Waals surface area (Å²) in [5.41, 5.74) is 0.899. The molecule has 7 heteroatoms. The zero-order valence-electron chi connectivity index (χ0n) is 8.77. The topological polar surface area (TPSA) is 39.2 Å². The summed E-state index contributed by atoms with van der Waals surface area (Å²) in [6, 6.07) is 5.43. The fraction of sp³-hybridized carbons (Fsp3) is 0.0909. The first kappa shape index (κ1) is 12.6. The summed E-state index contributed by atoms with van der Waals surface area (Å²) in [5.74, 6) is -0.319. The number of thiazole rings is 1. The highest BCUT2D eigenvalue weighted by atomic mass is 32.1. The van der Waals surface area contributed by atoms with Gasteiger partial charge in [-0.3, -0.25) is 4.79 Å². The summed E-state index contributed by atoms with van der Waals surface area (Å²) in [4.78, 5) is 14.4.